The van der Waals surface area contributed by atoms with Gasteiger partial charge in [0.05, 0.1) is 18.7 Å². The Kier molecular flexibility index (Phi) is 3.09. The van der Waals surface area contributed by atoms with Crippen LogP contribution in [0.3, 0.4) is 0 Å². The topological polar surface area (TPSA) is 55.5 Å². The van der Waals surface area contributed by atoms with E-state index >= 15 is 0 Å². The Morgan fingerprint density at radius 3 is 2.79 bits per heavy atom. The van der Waals surface area contributed by atoms with Crippen LogP contribution in [0, 0.1) is 5.82 Å². The third-order valence-electron chi connectivity index (χ3n) is 1.93. The monoisotopic (exact) mass is 197 g/mol. The molecule has 0 amide bonds. The van der Waals surface area contributed by atoms with E-state index in [1.165, 1.54) is 25.3 Å². The molecule has 0 unspecified atom stereocenters. The summed E-state index contributed by atoms with van der Waals surface area (Å²) in [6.07, 6.45) is 1.34. The number of hydrogen-bond acceptors (Lipinski definition) is 3. The second-order valence-corrected chi connectivity index (χ2v) is 2.77. The van der Waals surface area contributed by atoms with Crippen LogP contribution in [0.2, 0.25) is 0 Å². The van der Waals surface area contributed by atoms with Gasteiger partial charge in [-0.15, -0.1) is 6.58 Å². The van der Waals surface area contributed by atoms with Crippen molar-refractivity contribution in [3.05, 3.63) is 36.2 Å². The smallest absolute Gasteiger partial charge is 0.165 e. The minimum absolute atomic E-state index is 0.000602. The van der Waals surface area contributed by atoms with E-state index in [2.05, 4.69) is 6.58 Å². The molecule has 0 aromatic heterocycles. The summed E-state index contributed by atoms with van der Waals surface area (Å²) in [5, 5.41) is 9.58. The lowest BCUT2D eigenvalue weighted by Gasteiger charge is -2.12. The van der Waals surface area contributed by atoms with E-state index in [9.17, 15) is 9.50 Å². The Labute approximate surface area is 81.6 Å². The summed E-state index contributed by atoms with van der Waals surface area (Å²) >= 11 is 0. The highest BCUT2D eigenvalue weighted by molar-refractivity contribution is 5.48. The van der Waals surface area contributed by atoms with Gasteiger partial charge in [0, 0.05) is 0 Å². The highest BCUT2D eigenvalue weighted by Gasteiger charge is 2.17. The van der Waals surface area contributed by atoms with Crippen molar-refractivity contribution in [1.29, 1.82) is 0 Å². The zero-order valence-corrected chi connectivity index (χ0v) is 7.83. The number of methoxy groups -OCH3 is 1. The quantitative estimate of drug-likeness (QED) is 0.725. The molecule has 1 aromatic rings. The Bertz CT molecular complexity index is 352. The SMILES string of the molecule is C=C[C@@H](N)c1c(F)ccc(OC)c1O. The van der Waals surface area contributed by atoms with Crippen LogP contribution < -0.4 is 10.5 Å². The minimum atomic E-state index is -0.745. The molecule has 0 saturated heterocycles. The fraction of sp³-hybridized carbons (Fsp3) is 0.200. The van der Waals surface area contributed by atoms with Gasteiger partial charge < -0.3 is 15.6 Å². The summed E-state index contributed by atoms with van der Waals surface area (Å²) in [6, 6.07) is 1.78. The molecule has 0 saturated carbocycles. The molecular weight excluding hydrogens is 185 g/mol. The molecule has 0 heterocycles. The number of ether oxygens (including phenoxy) is 1. The fourth-order valence-electron chi connectivity index (χ4n) is 1.16. The van der Waals surface area contributed by atoms with Crippen molar-refractivity contribution in [2.75, 3.05) is 7.11 Å². The lowest BCUT2D eigenvalue weighted by Crippen LogP contribution is -2.09. The first-order chi connectivity index (χ1) is 6.61. The van der Waals surface area contributed by atoms with Crippen molar-refractivity contribution < 1.29 is 14.2 Å². The van der Waals surface area contributed by atoms with Gasteiger partial charge in [-0.1, -0.05) is 6.08 Å². The molecule has 14 heavy (non-hydrogen) atoms. The Balaban J connectivity index is 3.31. The van der Waals surface area contributed by atoms with Crippen molar-refractivity contribution in [1.82, 2.24) is 0 Å². The van der Waals surface area contributed by atoms with Crippen LogP contribution in [0.4, 0.5) is 4.39 Å². The molecular formula is C10H12FNO2. The molecule has 0 aliphatic heterocycles. The average molecular weight is 197 g/mol. The van der Waals surface area contributed by atoms with E-state index in [1.54, 1.807) is 0 Å². The third-order valence-corrected chi connectivity index (χ3v) is 1.93. The van der Waals surface area contributed by atoms with Crippen LogP contribution >= 0.6 is 0 Å². The summed E-state index contributed by atoms with van der Waals surface area (Å²) in [7, 11) is 1.39. The maximum atomic E-state index is 13.3. The van der Waals surface area contributed by atoms with Gasteiger partial charge >= 0.3 is 0 Å². The normalized spacial score (nSPS) is 12.2. The van der Waals surface area contributed by atoms with Crippen molar-refractivity contribution >= 4 is 0 Å². The zero-order valence-electron chi connectivity index (χ0n) is 7.83. The largest absolute Gasteiger partial charge is 0.504 e. The Hall–Kier alpha value is -1.55. The van der Waals surface area contributed by atoms with E-state index in [-0.39, 0.29) is 17.1 Å². The van der Waals surface area contributed by atoms with Crippen LogP contribution in [-0.2, 0) is 0 Å². The molecule has 3 N–H and O–H groups in total. The molecule has 76 valence electrons. The van der Waals surface area contributed by atoms with Crippen LogP contribution in [0.15, 0.2) is 24.8 Å². The molecule has 1 aromatic carbocycles. The van der Waals surface area contributed by atoms with Gasteiger partial charge in [0.25, 0.3) is 0 Å². The van der Waals surface area contributed by atoms with Crippen LogP contribution in [-0.4, -0.2) is 12.2 Å². The summed E-state index contributed by atoms with van der Waals surface area (Å²) < 4.78 is 18.1. The number of phenolic OH excluding ortho intramolecular Hbond substituents is 1. The number of halogens is 1. The lowest BCUT2D eigenvalue weighted by atomic mass is 10.1. The maximum absolute atomic E-state index is 13.3. The lowest BCUT2D eigenvalue weighted by molar-refractivity contribution is 0.366. The van der Waals surface area contributed by atoms with Crippen molar-refractivity contribution in [3.63, 3.8) is 0 Å². The Morgan fingerprint density at radius 2 is 2.29 bits per heavy atom. The summed E-state index contributed by atoms with van der Waals surface area (Å²) in [4.78, 5) is 0. The third kappa shape index (κ3) is 1.70. The molecule has 0 aliphatic carbocycles. The van der Waals surface area contributed by atoms with Crippen molar-refractivity contribution in [3.8, 4) is 11.5 Å². The van der Waals surface area contributed by atoms with Gasteiger partial charge in [-0.3, -0.25) is 0 Å². The fourth-order valence-corrected chi connectivity index (χ4v) is 1.16. The summed E-state index contributed by atoms with van der Waals surface area (Å²) in [6.45, 7) is 3.43. The summed E-state index contributed by atoms with van der Waals surface area (Å²) in [5.41, 5.74) is 5.55. The average Bonchev–Trinajstić information content (AvgIpc) is 2.18. The first-order valence-electron chi connectivity index (χ1n) is 4.05. The molecule has 0 fully saturated rings. The van der Waals surface area contributed by atoms with Crippen LogP contribution in [0.25, 0.3) is 0 Å². The molecule has 0 radical (unpaired) electrons. The first kappa shape index (κ1) is 10.5. The van der Waals surface area contributed by atoms with Gasteiger partial charge in [0.1, 0.15) is 5.82 Å². The molecule has 3 nitrogen and oxygen atoms in total. The van der Waals surface area contributed by atoms with E-state index in [4.69, 9.17) is 10.5 Å². The second kappa shape index (κ2) is 4.11. The number of benzene rings is 1. The molecule has 1 rings (SSSR count). The summed E-state index contributed by atoms with van der Waals surface area (Å²) in [5.74, 6) is -0.658. The maximum Gasteiger partial charge on any atom is 0.165 e. The van der Waals surface area contributed by atoms with Crippen LogP contribution in [0.1, 0.15) is 11.6 Å². The number of hydrogen-bond donors (Lipinski definition) is 2. The highest BCUT2D eigenvalue weighted by Crippen LogP contribution is 2.34. The molecule has 0 bridgehead atoms. The van der Waals surface area contributed by atoms with Crippen molar-refractivity contribution in [2.45, 2.75) is 6.04 Å². The standard InChI is InChI=1S/C10H12FNO2/c1-3-7(12)9-6(11)4-5-8(14-2)10(9)13/h3-5,7,13H,1,12H2,2H3/t7-/m1/s1. The number of aromatic hydroxyl groups is 1. The zero-order chi connectivity index (χ0) is 10.7. The second-order valence-electron chi connectivity index (χ2n) is 2.77. The predicted molar refractivity (Wildman–Crippen MR) is 51.7 cm³/mol. The van der Waals surface area contributed by atoms with E-state index in [1.807, 2.05) is 0 Å². The molecule has 0 aliphatic rings. The number of rotatable bonds is 3. The molecule has 1 atom stereocenters. The van der Waals surface area contributed by atoms with E-state index in [0.717, 1.165) is 0 Å². The minimum Gasteiger partial charge on any atom is -0.504 e. The van der Waals surface area contributed by atoms with Gasteiger partial charge in [0.15, 0.2) is 11.5 Å². The van der Waals surface area contributed by atoms with Gasteiger partial charge in [-0.25, -0.2) is 4.39 Å². The van der Waals surface area contributed by atoms with E-state index in [0.29, 0.717) is 0 Å². The Morgan fingerprint density at radius 1 is 1.64 bits per heavy atom. The van der Waals surface area contributed by atoms with E-state index < -0.39 is 11.9 Å². The first-order valence-corrected chi connectivity index (χ1v) is 4.05. The highest BCUT2D eigenvalue weighted by atomic mass is 19.1. The van der Waals surface area contributed by atoms with Gasteiger partial charge in [-0.05, 0) is 12.1 Å². The number of phenols is 1. The number of nitrogens with two attached hydrogens (primary N) is 1. The molecule has 0 spiro atoms. The van der Waals surface area contributed by atoms with Gasteiger partial charge in [0.2, 0.25) is 0 Å². The van der Waals surface area contributed by atoms with Gasteiger partial charge in [-0.2, -0.15) is 0 Å². The van der Waals surface area contributed by atoms with Crippen molar-refractivity contribution in [2.24, 2.45) is 5.73 Å². The predicted octanol–water partition coefficient (Wildman–Crippen LogP) is 1.73. The van der Waals surface area contributed by atoms with Crippen LogP contribution in [0.5, 0.6) is 11.5 Å². The molecule has 4 heteroatoms.